The van der Waals surface area contributed by atoms with Crippen molar-refractivity contribution in [3.05, 3.63) is 65.5 Å². The molecule has 2 N–H and O–H groups in total. The van der Waals surface area contributed by atoms with Crippen LogP contribution in [0.5, 0.6) is 5.75 Å². The third kappa shape index (κ3) is 4.34. The predicted octanol–water partition coefficient (Wildman–Crippen LogP) is 3.27. The Morgan fingerprint density at radius 2 is 1.85 bits per heavy atom. The molecular weight excluding hydrogens is 329 g/mol. The van der Waals surface area contributed by atoms with Crippen LogP contribution in [0.1, 0.15) is 24.0 Å². The van der Waals surface area contributed by atoms with Crippen LogP contribution in [-0.4, -0.2) is 33.2 Å². The second-order valence-corrected chi connectivity index (χ2v) is 6.71. The van der Waals surface area contributed by atoms with Crippen LogP contribution in [0, 0.1) is 5.82 Å². The molecular formula is C21H26FN3O. The van der Waals surface area contributed by atoms with Crippen molar-refractivity contribution in [2.75, 3.05) is 27.2 Å². The van der Waals surface area contributed by atoms with E-state index in [9.17, 15) is 4.39 Å². The van der Waals surface area contributed by atoms with Crippen molar-refractivity contribution in [3.8, 4) is 5.75 Å². The monoisotopic (exact) mass is 355 g/mol. The highest BCUT2D eigenvalue weighted by molar-refractivity contribution is 5.79. The lowest BCUT2D eigenvalue weighted by Crippen LogP contribution is -2.42. The summed E-state index contributed by atoms with van der Waals surface area (Å²) in [4.78, 5) is 4.27. The highest BCUT2D eigenvalue weighted by Gasteiger charge is 2.45. The molecule has 4 nitrogen and oxygen atoms in total. The minimum Gasteiger partial charge on any atom is -0.497 e. The van der Waals surface area contributed by atoms with Crippen LogP contribution < -0.4 is 15.4 Å². The van der Waals surface area contributed by atoms with Gasteiger partial charge in [0.2, 0.25) is 0 Å². The Morgan fingerprint density at radius 3 is 2.46 bits per heavy atom. The van der Waals surface area contributed by atoms with Crippen LogP contribution in [0.25, 0.3) is 0 Å². The normalized spacial score (nSPS) is 15.4. The van der Waals surface area contributed by atoms with Crippen LogP contribution >= 0.6 is 0 Å². The minimum absolute atomic E-state index is 0.0983. The van der Waals surface area contributed by atoms with E-state index < -0.39 is 0 Å². The Kier molecular flexibility index (Phi) is 5.76. The molecule has 0 bridgehead atoms. The lowest BCUT2D eigenvalue weighted by molar-refractivity contribution is 0.414. The molecule has 138 valence electrons. The molecule has 0 aliphatic heterocycles. The zero-order valence-electron chi connectivity index (χ0n) is 15.4. The number of benzene rings is 2. The summed E-state index contributed by atoms with van der Waals surface area (Å²) in [6.07, 6.45) is 2.90. The van der Waals surface area contributed by atoms with Crippen molar-refractivity contribution in [1.82, 2.24) is 10.6 Å². The second-order valence-electron chi connectivity index (χ2n) is 6.71. The van der Waals surface area contributed by atoms with Gasteiger partial charge in [-0.3, -0.25) is 4.99 Å². The first-order chi connectivity index (χ1) is 12.7. The summed E-state index contributed by atoms with van der Waals surface area (Å²) < 4.78 is 19.3. The average Bonchev–Trinajstić information content (AvgIpc) is 3.46. The molecule has 0 unspecified atom stereocenters. The lowest BCUT2D eigenvalue weighted by Gasteiger charge is -2.19. The molecule has 0 radical (unpaired) electrons. The molecule has 2 aromatic rings. The molecule has 0 saturated heterocycles. The van der Waals surface area contributed by atoms with Gasteiger partial charge in [-0.1, -0.05) is 30.3 Å². The van der Waals surface area contributed by atoms with Gasteiger partial charge in [0.15, 0.2) is 5.96 Å². The summed E-state index contributed by atoms with van der Waals surface area (Å²) in [5.41, 5.74) is 1.94. The fourth-order valence-corrected chi connectivity index (χ4v) is 3.17. The molecule has 1 fully saturated rings. The number of hydrogen-bond acceptors (Lipinski definition) is 2. The molecule has 5 heteroatoms. The molecule has 1 aliphatic rings. The van der Waals surface area contributed by atoms with Gasteiger partial charge in [-0.2, -0.15) is 0 Å². The molecule has 0 spiro atoms. The lowest BCUT2D eigenvalue weighted by atomic mass is 9.95. The van der Waals surface area contributed by atoms with Gasteiger partial charge >= 0.3 is 0 Å². The number of rotatable bonds is 7. The molecule has 2 aromatic carbocycles. The Morgan fingerprint density at radius 1 is 1.12 bits per heavy atom. The van der Waals surface area contributed by atoms with Crippen LogP contribution in [0.3, 0.4) is 0 Å². The molecule has 1 saturated carbocycles. The van der Waals surface area contributed by atoms with Gasteiger partial charge in [0, 0.05) is 25.6 Å². The minimum atomic E-state index is -0.116. The van der Waals surface area contributed by atoms with Crippen LogP contribution in [-0.2, 0) is 11.8 Å². The summed E-state index contributed by atoms with van der Waals surface area (Å²) in [6, 6.07) is 15.1. The Hall–Kier alpha value is -2.56. The Labute approximate surface area is 154 Å². The zero-order valence-corrected chi connectivity index (χ0v) is 15.4. The highest BCUT2D eigenvalue weighted by atomic mass is 19.1. The summed E-state index contributed by atoms with van der Waals surface area (Å²) in [7, 11) is 3.42. The maximum absolute atomic E-state index is 14.1. The maximum Gasteiger partial charge on any atom is 0.191 e. The van der Waals surface area contributed by atoms with E-state index in [4.69, 9.17) is 4.74 Å². The summed E-state index contributed by atoms with van der Waals surface area (Å²) in [5.74, 6) is 1.50. The number of hydrogen-bond donors (Lipinski definition) is 2. The van der Waals surface area contributed by atoms with Crippen molar-refractivity contribution < 1.29 is 9.13 Å². The van der Waals surface area contributed by atoms with E-state index in [-0.39, 0.29) is 11.2 Å². The average molecular weight is 355 g/mol. The molecule has 0 aromatic heterocycles. The first-order valence-corrected chi connectivity index (χ1v) is 8.99. The number of ether oxygens (including phenoxy) is 1. The standard InChI is InChI=1S/C21H26FN3O/c1-23-20(24-14-11-16-7-9-17(26-2)10-8-16)25-15-21(12-13-21)18-5-3-4-6-19(18)22/h3-10H,11-15H2,1-2H3,(H2,23,24,25). The third-order valence-electron chi connectivity index (χ3n) is 4.98. The van der Waals surface area contributed by atoms with E-state index in [0.29, 0.717) is 6.54 Å². The van der Waals surface area contributed by atoms with Crippen molar-refractivity contribution in [3.63, 3.8) is 0 Å². The van der Waals surface area contributed by atoms with Crippen molar-refractivity contribution >= 4 is 5.96 Å². The first kappa shape index (κ1) is 18.2. The first-order valence-electron chi connectivity index (χ1n) is 8.99. The molecule has 0 heterocycles. The van der Waals surface area contributed by atoms with Crippen LogP contribution in [0.4, 0.5) is 4.39 Å². The quantitative estimate of drug-likeness (QED) is 0.592. The summed E-state index contributed by atoms with van der Waals surface area (Å²) >= 11 is 0. The molecule has 0 atom stereocenters. The Bertz CT molecular complexity index is 754. The number of guanidine groups is 1. The fourth-order valence-electron chi connectivity index (χ4n) is 3.17. The Balaban J connectivity index is 1.48. The van der Waals surface area contributed by atoms with E-state index in [0.717, 1.165) is 43.1 Å². The van der Waals surface area contributed by atoms with Crippen LogP contribution in [0.15, 0.2) is 53.5 Å². The highest BCUT2D eigenvalue weighted by Crippen LogP contribution is 2.48. The second kappa shape index (κ2) is 8.21. The SMILES string of the molecule is CN=C(NCCc1ccc(OC)cc1)NCC1(c2ccccc2F)CC1. The van der Waals surface area contributed by atoms with E-state index in [1.165, 1.54) is 11.6 Å². The summed E-state index contributed by atoms with van der Waals surface area (Å²) in [5, 5.41) is 6.68. The molecule has 3 rings (SSSR count). The van der Waals surface area contributed by atoms with E-state index in [1.807, 2.05) is 24.3 Å². The number of aliphatic imine (C=N–C) groups is 1. The smallest absolute Gasteiger partial charge is 0.191 e. The van der Waals surface area contributed by atoms with Crippen LogP contribution in [0.2, 0.25) is 0 Å². The van der Waals surface area contributed by atoms with Gasteiger partial charge in [0.05, 0.1) is 7.11 Å². The number of halogens is 1. The van der Waals surface area contributed by atoms with E-state index >= 15 is 0 Å². The predicted molar refractivity (Wildman–Crippen MR) is 103 cm³/mol. The molecule has 0 amide bonds. The van der Waals surface area contributed by atoms with Gasteiger partial charge in [0.25, 0.3) is 0 Å². The van der Waals surface area contributed by atoms with Gasteiger partial charge in [-0.25, -0.2) is 4.39 Å². The largest absolute Gasteiger partial charge is 0.497 e. The summed E-state index contributed by atoms with van der Waals surface area (Å²) in [6.45, 7) is 1.47. The van der Waals surface area contributed by atoms with Crippen molar-refractivity contribution in [1.29, 1.82) is 0 Å². The van der Waals surface area contributed by atoms with E-state index in [1.54, 1.807) is 20.2 Å². The van der Waals surface area contributed by atoms with Crippen molar-refractivity contribution in [2.45, 2.75) is 24.7 Å². The number of methoxy groups -OCH3 is 1. The maximum atomic E-state index is 14.1. The van der Waals surface area contributed by atoms with Gasteiger partial charge in [-0.15, -0.1) is 0 Å². The van der Waals surface area contributed by atoms with E-state index in [2.05, 4.69) is 27.8 Å². The van der Waals surface area contributed by atoms with Crippen molar-refractivity contribution in [2.24, 2.45) is 4.99 Å². The zero-order chi connectivity index (χ0) is 18.4. The number of nitrogens with one attached hydrogen (secondary N) is 2. The number of nitrogens with zero attached hydrogens (tertiary/aromatic N) is 1. The third-order valence-corrected chi connectivity index (χ3v) is 4.98. The van der Waals surface area contributed by atoms with Gasteiger partial charge in [0.1, 0.15) is 11.6 Å². The van der Waals surface area contributed by atoms with Gasteiger partial charge in [-0.05, 0) is 48.6 Å². The molecule has 1 aliphatic carbocycles. The molecule has 26 heavy (non-hydrogen) atoms. The topological polar surface area (TPSA) is 45.7 Å². The van der Waals surface area contributed by atoms with Gasteiger partial charge < -0.3 is 15.4 Å². The fraction of sp³-hybridized carbons (Fsp3) is 0.381.